The molecule has 1 unspecified atom stereocenters. The number of hydrogen-bond donors (Lipinski definition) is 0. The summed E-state index contributed by atoms with van der Waals surface area (Å²) in [6.07, 6.45) is -0.145. The van der Waals surface area contributed by atoms with Gasteiger partial charge in [-0.15, -0.1) is 11.6 Å². The second-order valence-electron chi connectivity index (χ2n) is 5.75. The van der Waals surface area contributed by atoms with Crippen LogP contribution in [0.5, 0.6) is 0 Å². The van der Waals surface area contributed by atoms with Gasteiger partial charge in [-0.1, -0.05) is 0 Å². The van der Waals surface area contributed by atoms with Crippen molar-refractivity contribution in [2.75, 3.05) is 13.1 Å². The van der Waals surface area contributed by atoms with Gasteiger partial charge in [0, 0.05) is 19.2 Å². The minimum atomic E-state index is -3.58. The maximum Gasteiger partial charge on any atom is 0.246 e. The highest BCUT2D eigenvalue weighted by Crippen LogP contribution is 2.29. The number of rotatable bonds is 3. The highest BCUT2D eigenvalue weighted by molar-refractivity contribution is 7.89. The van der Waals surface area contributed by atoms with Crippen LogP contribution in [0.4, 0.5) is 0 Å². The van der Waals surface area contributed by atoms with Crippen LogP contribution in [-0.4, -0.2) is 37.5 Å². The summed E-state index contributed by atoms with van der Waals surface area (Å²) >= 11 is 5.69. The Hall–Kier alpha value is -0.560. The molecule has 1 aromatic heterocycles. The summed E-state index contributed by atoms with van der Waals surface area (Å²) in [5.41, 5.74) is -0.502. The van der Waals surface area contributed by atoms with Gasteiger partial charge < -0.3 is 9.15 Å². The van der Waals surface area contributed by atoms with Crippen LogP contribution in [0.3, 0.4) is 0 Å². The SMILES string of the molecule is Cc1oc(CCl)cc1S(=O)(=O)N1CC(C)OC(C)(C)C1. The number of furan rings is 1. The molecule has 114 valence electrons. The lowest BCUT2D eigenvalue weighted by Crippen LogP contribution is -2.53. The van der Waals surface area contributed by atoms with Gasteiger partial charge in [0.1, 0.15) is 16.4 Å². The third-order valence-corrected chi connectivity index (χ3v) is 5.39. The third kappa shape index (κ3) is 3.03. The van der Waals surface area contributed by atoms with E-state index in [2.05, 4.69) is 0 Å². The third-order valence-electron chi connectivity index (χ3n) is 3.21. The molecule has 0 aromatic carbocycles. The molecule has 2 rings (SSSR count). The number of nitrogens with zero attached hydrogens (tertiary/aromatic N) is 1. The van der Waals surface area contributed by atoms with E-state index in [1.807, 2.05) is 20.8 Å². The molecule has 7 heteroatoms. The Bertz CT molecular complexity index is 594. The summed E-state index contributed by atoms with van der Waals surface area (Å²) in [6, 6.07) is 1.50. The van der Waals surface area contributed by atoms with Gasteiger partial charge in [0.2, 0.25) is 10.0 Å². The van der Waals surface area contributed by atoms with Crippen LogP contribution in [0.2, 0.25) is 0 Å². The average molecular weight is 322 g/mol. The Balaban J connectivity index is 2.36. The van der Waals surface area contributed by atoms with Gasteiger partial charge in [0.15, 0.2) is 0 Å². The van der Waals surface area contributed by atoms with E-state index in [9.17, 15) is 8.42 Å². The van der Waals surface area contributed by atoms with E-state index in [0.29, 0.717) is 24.6 Å². The standard InChI is InChI=1S/C13H20ClNO4S/c1-9-7-15(8-13(3,4)19-9)20(16,17)12-5-11(6-14)18-10(12)2/h5,9H,6-8H2,1-4H3. The van der Waals surface area contributed by atoms with Crippen LogP contribution >= 0.6 is 11.6 Å². The molecule has 1 fully saturated rings. The first-order valence-corrected chi connectivity index (χ1v) is 8.46. The summed E-state index contributed by atoms with van der Waals surface area (Å²) in [4.78, 5) is 0.193. The molecule has 20 heavy (non-hydrogen) atoms. The maximum atomic E-state index is 12.7. The molecule has 1 atom stereocenters. The van der Waals surface area contributed by atoms with Gasteiger partial charge >= 0.3 is 0 Å². The first-order valence-electron chi connectivity index (χ1n) is 6.49. The fourth-order valence-electron chi connectivity index (χ4n) is 2.56. The van der Waals surface area contributed by atoms with E-state index in [1.54, 1.807) is 6.92 Å². The highest BCUT2D eigenvalue weighted by Gasteiger charge is 2.39. The lowest BCUT2D eigenvalue weighted by molar-refractivity contribution is -0.109. The number of halogens is 1. The van der Waals surface area contributed by atoms with Crippen molar-refractivity contribution < 1.29 is 17.6 Å². The van der Waals surface area contributed by atoms with E-state index in [1.165, 1.54) is 10.4 Å². The number of alkyl halides is 1. The number of hydrogen-bond acceptors (Lipinski definition) is 4. The van der Waals surface area contributed by atoms with Crippen LogP contribution in [-0.2, 0) is 20.6 Å². The second kappa shape index (κ2) is 5.33. The van der Waals surface area contributed by atoms with Crippen molar-refractivity contribution in [1.29, 1.82) is 0 Å². The summed E-state index contributed by atoms with van der Waals surface area (Å²) < 4.78 is 38.0. The zero-order chi connectivity index (χ0) is 15.1. The Morgan fingerprint density at radius 3 is 2.65 bits per heavy atom. The molecule has 0 N–H and O–H groups in total. The van der Waals surface area contributed by atoms with E-state index < -0.39 is 15.6 Å². The molecule has 1 aromatic rings. The predicted octanol–water partition coefficient (Wildman–Crippen LogP) is 2.51. The number of ether oxygens (including phenoxy) is 1. The van der Waals surface area contributed by atoms with Gasteiger partial charge in [-0.25, -0.2) is 8.42 Å². The van der Waals surface area contributed by atoms with Crippen LogP contribution in [0.25, 0.3) is 0 Å². The molecule has 2 heterocycles. The number of aryl methyl sites for hydroxylation is 1. The van der Waals surface area contributed by atoms with Crippen molar-refractivity contribution in [1.82, 2.24) is 4.31 Å². The first kappa shape index (κ1) is 15.8. The number of morpholine rings is 1. The van der Waals surface area contributed by atoms with Gasteiger partial charge in [0.05, 0.1) is 17.6 Å². The van der Waals surface area contributed by atoms with Crippen molar-refractivity contribution in [3.63, 3.8) is 0 Å². The van der Waals surface area contributed by atoms with Crippen molar-refractivity contribution in [3.8, 4) is 0 Å². The lowest BCUT2D eigenvalue weighted by atomic mass is 10.1. The highest BCUT2D eigenvalue weighted by atomic mass is 35.5. The average Bonchev–Trinajstić information content (AvgIpc) is 2.68. The van der Waals surface area contributed by atoms with Crippen LogP contribution < -0.4 is 0 Å². The van der Waals surface area contributed by atoms with Gasteiger partial charge in [-0.3, -0.25) is 0 Å². The normalized spacial score (nSPS) is 23.9. The van der Waals surface area contributed by atoms with Crippen LogP contribution in [0, 0.1) is 6.92 Å². The lowest BCUT2D eigenvalue weighted by Gasteiger charge is -2.40. The maximum absolute atomic E-state index is 12.7. The van der Waals surface area contributed by atoms with Crippen molar-refractivity contribution >= 4 is 21.6 Å². The summed E-state index contributed by atoms with van der Waals surface area (Å²) in [7, 11) is -3.58. The minimum Gasteiger partial charge on any atom is -0.464 e. The largest absolute Gasteiger partial charge is 0.464 e. The predicted molar refractivity (Wildman–Crippen MR) is 76.4 cm³/mol. The van der Waals surface area contributed by atoms with Gasteiger partial charge in [0.25, 0.3) is 0 Å². The summed E-state index contributed by atoms with van der Waals surface area (Å²) in [5, 5.41) is 0. The van der Waals surface area contributed by atoms with E-state index in [0.717, 1.165) is 0 Å². The Kier molecular flexibility index (Phi) is 4.22. The summed E-state index contributed by atoms with van der Waals surface area (Å²) in [5.74, 6) is 0.988. The molecule has 0 spiro atoms. The molecule has 0 saturated carbocycles. The molecule has 1 aliphatic heterocycles. The van der Waals surface area contributed by atoms with E-state index in [4.69, 9.17) is 20.8 Å². The van der Waals surface area contributed by atoms with Crippen molar-refractivity contribution in [2.45, 2.75) is 50.2 Å². The van der Waals surface area contributed by atoms with Gasteiger partial charge in [-0.05, 0) is 27.7 Å². The zero-order valence-corrected chi connectivity index (χ0v) is 13.7. The molecule has 1 aliphatic rings. The minimum absolute atomic E-state index is 0.145. The molecule has 1 saturated heterocycles. The first-order chi connectivity index (χ1) is 9.15. The molecular weight excluding hydrogens is 302 g/mol. The van der Waals surface area contributed by atoms with Crippen molar-refractivity contribution in [2.24, 2.45) is 0 Å². The molecule has 0 aliphatic carbocycles. The number of sulfonamides is 1. The monoisotopic (exact) mass is 321 g/mol. The zero-order valence-electron chi connectivity index (χ0n) is 12.1. The molecular formula is C13H20ClNO4S. The van der Waals surface area contributed by atoms with Gasteiger partial charge in [-0.2, -0.15) is 4.31 Å². The molecule has 0 bridgehead atoms. The fraction of sp³-hybridized carbons (Fsp3) is 0.692. The van der Waals surface area contributed by atoms with Crippen LogP contribution in [0.15, 0.2) is 15.4 Å². The Morgan fingerprint density at radius 1 is 1.50 bits per heavy atom. The van der Waals surface area contributed by atoms with E-state index >= 15 is 0 Å². The van der Waals surface area contributed by atoms with Crippen molar-refractivity contribution in [3.05, 3.63) is 17.6 Å². The molecule has 0 radical (unpaired) electrons. The van der Waals surface area contributed by atoms with E-state index in [-0.39, 0.29) is 16.9 Å². The smallest absolute Gasteiger partial charge is 0.246 e. The summed E-state index contributed by atoms with van der Waals surface area (Å²) in [6.45, 7) is 7.94. The quantitative estimate of drug-likeness (QED) is 0.803. The molecule has 5 nitrogen and oxygen atoms in total. The fourth-order valence-corrected chi connectivity index (χ4v) is 4.55. The Labute approximate surface area is 124 Å². The van der Waals surface area contributed by atoms with Crippen LogP contribution in [0.1, 0.15) is 32.3 Å². The second-order valence-corrected chi connectivity index (χ2v) is 7.93. The molecule has 0 amide bonds. The topological polar surface area (TPSA) is 59.8 Å². The Morgan fingerprint density at radius 2 is 2.15 bits per heavy atom.